The molecule has 1 nitrogen and oxygen atoms in total. The monoisotopic (exact) mass is 325 g/mol. The van der Waals surface area contributed by atoms with E-state index in [0.717, 1.165) is 23.6 Å². The summed E-state index contributed by atoms with van der Waals surface area (Å²) in [6.45, 7) is 2.05. The molecule has 0 aliphatic heterocycles. The molecule has 0 saturated heterocycles. The highest BCUT2D eigenvalue weighted by Crippen LogP contribution is 2.30. The normalized spacial score (nSPS) is 12.5. The second-order valence-corrected chi connectivity index (χ2v) is 5.13. The first-order chi connectivity index (χ1) is 9.04. The molecule has 2 aromatic rings. The number of aryl methyl sites for hydroxylation is 1. The van der Waals surface area contributed by atoms with Crippen LogP contribution in [0.2, 0.25) is 0 Å². The van der Waals surface area contributed by atoms with Crippen LogP contribution in [0.25, 0.3) is 0 Å². The Bertz CT molecular complexity index is 599. The summed E-state index contributed by atoms with van der Waals surface area (Å²) in [5.74, 6) is -1.79. The molecule has 0 spiro atoms. The Morgan fingerprint density at radius 3 is 2.63 bits per heavy atom. The minimum Gasteiger partial charge on any atom is -0.320 e. The molecule has 0 aliphatic rings. The zero-order chi connectivity index (χ0) is 14.0. The van der Waals surface area contributed by atoms with Crippen LogP contribution in [0.4, 0.5) is 8.78 Å². The third-order valence-corrected chi connectivity index (χ3v) is 3.92. The van der Waals surface area contributed by atoms with Crippen molar-refractivity contribution in [2.45, 2.75) is 19.4 Å². The van der Waals surface area contributed by atoms with Crippen molar-refractivity contribution in [2.75, 3.05) is 0 Å². The van der Waals surface area contributed by atoms with Crippen molar-refractivity contribution in [1.82, 2.24) is 0 Å². The zero-order valence-corrected chi connectivity index (χ0v) is 12.0. The smallest absolute Gasteiger partial charge is 0.173 e. The molecule has 19 heavy (non-hydrogen) atoms. The van der Waals surface area contributed by atoms with Crippen molar-refractivity contribution in [3.63, 3.8) is 0 Å². The van der Waals surface area contributed by atoms with Gasteiger partial charge in [0.2, 0.25) is 0 Å². The predicted molar refractivity (Wildman–Crippen MR) is 75.9 cm³/mol. The van der Waals surface area contributed by atoms with Crippen molar-refractivity contribution in [3.8, 4) is 0 Å². The highest BCUT2D eigenvalue weighted by molar-refractivity contribution is 9.10. The lowest BCUT2D eigenvalue weighted by molar-refractivity contribution is 0.501. The zero-order valence-electron chi connectivity index (χ0n) is 10.5. The van der Waals surface area contributed by atoms with Crippen molar-refractivity contribution in [3.05, 3.63) is 69.2 Å². The third kappa shape index (κ3) is 2.85. The highest BCUT2D eigenvalue weighted by Gasteiger charge is 2.17. The van der Waals surface area contributed by atoms with Gasteiger partial charge in [-0.25, -0.2) is 8.78 Å². The fourth-order valence-corrected chi connectivity index (χ4v) is 2.54. The van der Waals surface area contributed by atoms with Crippen LogP contribution in [-0.2, 0) is 6.42 Å². The van der Waals surface area contributed by atoms with E-state index in [2.05, 4.69) is 22.9 Å². The topological polar surface area (TPSA) is 26.0 Å². The number of hydrogen-bond donors (Lipinski definition) is 1. The predicted octanol–water partition coefficient (Wildman–Crippen LogP) is 4.34. The first-order valence-electron chi connectivity index (χ1n) is 6.02. The van der Waals surface area contributed by atoms with E-state index in [9.17, 15) is 8.78 Å². The summed E-state index contributed by atoms with van der Waals surface area (Å²) in [6.07, 6.45) is 0.902. The molecular formula is C15H14BrF2N. The van der Waals surface area contributed by atoms with Crippen LogP contribution in [0.5, 0.6) is 0 Å². The van der Waals surface area contributed by atoms with Gasteiger partial charge in [-0.05, 0) is 45.1 Å². The van der Waals surface area contributed by atoms with Crippen molar-refractivity contribution in [1.29, 1.82) is 0 Å². The number of benzene rings is 2. The van der Waals surface area contributed by atoms with Gasteiger partial charge in [-0.3, -0.25) is 0 Å². The van der Waals surface area contributed by atoms with Crippen LogP contribution in [0.15, 0.2) is 40.9 Å². The molecule has 0 heterocycles. The number of hydrogen-bond acceptors (Lipinski definition) is 1. The van der Waals surface area contributed by atoms with Gasteiger partial charge in [-0.2, -0.15) is 0 Å². The lowest BCUT2D eigenvalue weighted by atomic mass is 9.97. The molecule has 100 valence electrons. The van der Waals surface area contributed by atoms with Crippen molar-refractivity contribution in [2.24, 2.45) is 5.73 Å². The van der Waals surface area contributed by atoms with E-state index in [4.69, 9.17) is 5.73 Å². The summed E-state index contributed by atoms with van der Waals surface area (Å²) in [4.78, 5) is 0. The molecule has 0 saturated carbocycles. The van der Waals surface area contributed by atoms with Gasteiger partial charge in [0.25, 0.3) is 0 Å². The van der Waals surface area contributed by atoms with E-state index in [0.29, 0.717) is 5.56 Å². The summed E-state index contributed by atoms with van der Waals surface area (Å²) < 4.78 is 26.7. The average molecular weight is 326 g/mol. The van der Waals surface area contributed by atoms with Gasteiger partial charge in [0.1, 0.15) is 0 Å². The lowest BCUT2D eigenvalue weighted by Gasteiger charge is -2.16. The van der Waals surface area contributed by atoms with Crippen molar-refractivity contribution < 1.29 is 8.78 Å². The summed E-state index contributed by atoms with van der Waals surface area (Å²) in [6, 6.07) is 9.91. The van der Waals surface area contributed by atoms with Crippen LogP contribution < -0.4 is 5.73 Å². The Morgan fingerprint density at radius 2 is 1.95 bits per heavy atom. The largest absolute Gasteiger partial charge is 0.320 e. The summed E-state index contributed by atoms with van der Waals surface area (Å²) >= 11 is 3.07. The standard InChI is InChI=1S/C15H14BrF2N/c1-2-9-4-3-5-10(8-9)15(19)11-6-7-12(17)14(18)13(11)16/h3-8,15H,2,19H2,1H3. The molecule has 0 amide bonds. The summed E-state index contributed by atoms with van der Waals surface area (Å²) in [5, 5.41) is 0. The summed E-state index contributed by atoms with van der Waals surface area (Å²) in [7, 11) is 0. The molecule has 0 aromatic heterocycles. The molecule has 0 fully saturated rings. The second kappa shape index (κ2) is 5.80. The van der Waals surface area contributed by atoms with Crippen LogP contribution in [0, 0.1) is 11.6 Å². The van der Waals surface area contributed by atoms with Gasteiger partial charge < -0.3 is 5.73 Å². The van der Waals surface area contributed by atoms with E-state index < -0.39 is 17.7 Å². The quantitative estimate of drug-likeness (QED) is 0.835. The minimum absolute atomic E-state index is 0.0851. The molecule has 0 radical (unpaired) electrons. The maximum absolute atomic E-state index is 13.5. The fraction of sp³-hybridized carbons (Fsp3) is 0.200. The van der Waals surface area contributed by atoms with E-state index >= 15 is 0 Å². The molecule has 2 N–H and O–H groups in total. The Labute approximate surface area is 119 Å². The molecule has 1 unspecified atom stereocenters. The first-order valence-corrected chi connectivity index (χ1v) is 6.81. The highest BCUT2D eigenvalue weighted by atomic mass is 79.9. The molecule has 2 aromatic carbocycles. The fourth-order valence-electron chi connectivity index (χ4n) is 1.97. The maximum atomic E-state index is 13.5. The second-order valence-electron chi connectivity index (χ2n) is 4.34. The number of nitrogens with two attached hydrogens (primary N) is 1. The number of rotatable bonds is 3. The van der Waals surface area contributed by atoms with Crippen LogP contribution in [-0.4, -0.2) is 0 Å². The van der Waals surface area contributed by atoms with E-state index in [1.165, 1.54) is 6.07 Å². The van der Waals surface area contributed by atoms with Gasteiger partial charge >= 0.3 is 0 Å². The van der Waals surface area contributed by atoms with E-state index in [1.54, 1.807) is 0 Å². The minimum atomic E-state index is -0.903. The third-order valence-electron chi connectivity index (χ3n) is 3.12. The molecule has 0 aliphatic carbocycles. The van der Waals surface area contributed by atoms with Gasteiger partial charge in [0.05, 0.1) is 10.5 Å². The van der Waals surface area contributed by atoms with Gasteiger partial charge in [0.15, 0.2) is 11.6 Å². The Kier molecular flexibility index (Phi) is 4.32. The Balaban J connectivity index is 2.44. The van der Waals surface area contributed by atoms with Crippen molar-refractivity contribution >= 4 is 15.9 Å². The first kappa shape index (κ1) is 14.2. The maximum Gasteiger partial charge on any atom is 0.173 e. The SMILES string of the molecule is CCc1cccc(C(N)c2ccc(F)c(F)c2Br)c1. The number of halogens is 3. The molecular weight excluding hydrogens is 312 g/mol. The lowest BCUT2D eigenvalue weighted by Crippen LogP contribution is -2.13. The summed E-state index contributed by atoms with van der Waals surface area (Å²) in [5.41, 5.74) is 8.71. The van der Waals surface area contributed by atoms with Gasteiger partial charge in [-0.1, -0.05) is 37.3 Å². The van der Waals surface area contributed by atoms with Crippen LogP contribution >= 0.6 is 15.9 Å². The Morgan fingerprint density at radius 1 is 1.21 bits per heavy atom. The molecule has 0 bridgehead atoms. The molecule has 4 heteroatoms. The average Bonchev–Trinajstić information content (AvgIpc) is 2.44. The molecule has 1 atom stereocenters. The van der Waals surface area contributed by atoms with Crippen LogP contribution in [0.3, 0.4) is 0 Å². The van der Waals surface area contributed by atoms with E-state index in [1.807, 2.05) is 24.3 Å². The molecule has 2 rings (SSSR count). The Hall–Kier alpha value is -1.26. The van der Waals surface area contributed by atoms with Gasteiger partial charge in [-0.15, -0.1) is 0 Å². The van der Waals surface area contributed by atoms with Crippen LogP contribution in [0.1, 0.15) is 29.7 Å². The van der Waals surface area contributed by atoms with E-state index in [-0.39, 0.29) is 4.47 Å². The van der Waals surface area contributed by atoms with Gasteiger partial charge in [0, 0.05) is 0 Å².